The van der Waals surface area contributed by atoms with Gasteiger partial charge in [0.25, 0.3) is 0 Å². The largest absolute Gasteiger partial charge is 0.508 e. The topological polar surface area (TPSA) is 325 Å². The molecule has 356 valence electrons. The summed E-state index contributed by atoms with van der Waals surface area (Å²) in [5.74, 6) is -5.46. The highest BCUT2D eigenvalue weighted by atomic mass is 79.9. The number of benzene rings is 3. The van der Waals surface area contributed by atoms with Crippen molar-refractivity contribution in [3.05, 3.63) is 95.6 Å². The van der Waals surface area contributed by atoms with Gasteiger partial charge in [0.1, 0.15) is 41.7 Å². The molecule has 0 aliphatic carbocycles. The number of phenols is 2. The minimum atomic E-state index is -1.38. The molecule has 1 fully saturated rings. The number of nitrogens with one attached hydrogen (secondary N) is 6. The molecule has 21 heteroatoms. The smallest absolute Gasteiger partial charge is 0.246 e. The second-order valence-corrected chi connectivity index (χ2v) is 16.4. The molecule has 0 bridgehead atoms. The predicted octanol–water partition coefficient (Wildman–Crippen LogP) is -1.34. The van der Waals surface area contributed by atoms with Crippen LogP contribution in [0.1, 0.15) is 48.8 Å². The first-order valence-electron chi connectivity index (χ1n) is 21.4. The average molecular weight is 981 g/mol. The van der Waals surface area contributed by atoms with Crippen molar-refractivity contribution >= 4 is 63.2 Å². The number of nitrogens with two attached hydrogens (primary N) is 2. The summed E-state index contributed by atoms with van der Waals surface area (Å²) in [5.41, 5.74) is 13.4. The Balaban J connectivity index is 1.49. The van der Waals surface area contributed by atoms with Crippen LogP contribution in [0.4, 0.5) is 0 Å². The van der Waals surface area contributed by atoms with Gasteiger partial charge in [0.05, 0.1) is 24.5 Å². The maximum atomic E-state index is 14.1. The molecule has 66 heavy (non-hydrogen) atoms. The number of amides is 8. The van der Waals surface area contributed by atoms with E-state index in [1.165, 1.54) is 29.2 Å². The molecule has 0 aromatic heterocycles. The van der Waals surface area contributed by atoms with Gasteiger partial charge in [-0.05, 0) is 79.5 Å². The van der Waals surface area contributed by atoms with Crippen LogP contribution in [0.3, 0.4) is 0 Å². The van der Waals surface area contributed by atoms with E-state index in [-0.39, 0.29) is 61.4 Å². The number of hydrogen-bond acceptors (Lipinski definition) is 12. The second kappa shape index (κ2) is 26.4. The Bertz CT molecular complexity index is 2130. The monoisotopic (exact) mass is 979 g/mol. The zero-order valence-electron chi connectivity index (χ0n) is 36.2. The van der Waals surface area contributed by atoms with E-state index in [0.717, 1.165) is 0 Å². The van der Waals surface area contributed by atoms with Gasteiger partial charge < -0.3 is 63.6 Å². The average Bonchev–Trinajstić information content (AvgIpc) is 3.80. The third-order valence-electron chi connectivity index (χ3n) is 10.8. The number of hydrogen-bond donors (Lipinski definition) is 11. The quantitative estimate of drug-likeness (QED) is 0.0347. The molecule has 0 unspecified atom stereocenters. The van der Waals surface area contributed by atoms with Crippen molar-refractivity contribution in [3.8, 4) is 11.5 Å². The zero-order valence-corrected chi connectivity index (χ0v) is 37.8. The summed E-state index contributed by atoms with van der Waals surface area (Å²) in [7, 11) is 0. The van der Waals surface area contributed by atoms with E-state index in [1.54, 1.807) is 54.6 Å². The highest BCUT2D eigenvalue weighted by molar-refractivity contribution is 9.09. The van der Waals surface area contributed by atoms with E-state index in [1.807, 2.05) is 0 Å². The van der Waals surface area contributed by atoms with Crippen molar-refractivity contribution in [1.29, 1.82) is 0 Å². The van der Waals surface area contributed by atoms with Crippen molar-refractivity contribution in [2.45, 2.75) is 87.6 Å². The van der Waals surface area contributed by atoms with Crippen LogP contribution in [0, 0.1) is 0 Å². The molecular weight excluding hydrogens is 922 g/mol. The number of aliphatic hydroxyl groups excluding tert-OH is 1. The fourth-order valence-corrected chi connectivity index (χ4v) is 7.39. The molecule has 3 aromatic carbocycles. The number of unbranched alkanes of at least 4 members (excludes halogenated alkanes) is 1. The highest BCUT2D eigenvalue weighted by Gasteiger charge is 2.39. The van der Waals surface area contributed by atoms with Crippen LogP contribution < -0.4 is 43.4 Å². The van der Waals surface area contributed by atoms with Gasteiger partial charge in [0.2, 0.25) is 47.3 Å². The lowest BCUT2D eigenvalue weighted by molar-refractivity contribution is -0.142. The summed E-state index contributed by atoms with van der Waals surface area (Å²) in [6.45, 7) is -0.952. The van der Waals surface area contributed by atoms with Crippen LogP contribution >= 0.6 is 15.9 Å². The van der Waals surface area contributed by atoms with Crippen molar-refractivity contribution in [2.75, 3.05) is 31.6 Å². The van der Waals surface area contributed by atoms with Crippen LogP contribution in [0.15, 0.2) is 78.9 Å². The van der Waals surface area contributed by atoms with Crippen molar-refractivity contribution < 1.29 is 53.7 Å². The first-order valence-corrected chi connectivity index (χ1v) is 22.6. The van der Waals surface area contributed by atoms with Crippen LogP contribution in [-0.4, -0.2) is 135 Å². The minimum Gasteiger partial charge on any atom is -0.508 e. The molecule has 0 radical (unpaired) electrons. The van der Waals surface area contributed by atoms with Gasteiger partial charge in [-0.2, -0.15) is 0 Å². The molecule has 8 amide bonds. The maximum Gasteiger partial charge on any atom is 0.246 e. The lowest BCUT2D eigenvalue weighted by atomic mass is 10.0. The fraction of sp³-hybridized carbons (Fsp3) is 0.422. The molecule has 20 nitrogen and oxygen atoms in total. The second-order valence-electron chi connectivity index (χ2n) is 15.8. The van der Waals surface area contributed by atoms with Crippen molar-refractivity contribution in [3.63, 3.8) is 0 Å². The summed E-state index contributed by atoms with van der Waals surface area (Å²) in [6, 6.07) is 13.6. The van der Waals surface area contributed by atoms with E-state index in [9.17, 15) is 53.7 Å². The lowest BCUT2D eigenvalue weighted by Gasteiger charge is -2.29. The number of rotatable bonds is 25. The predicted molar refractivity (Wildman–Crippen MR) is 244 cm³/mol. The number of likely N-dealkylation sites (tertiary alicyclic amines) is 1. The van der Waals surface area contributed by atoms with Gasteiger partial charge in [-0.1, -0.05) is 70.5 Å². The van der Waals surface area contributed by atoms with Crippen molar-refractivity contribution in [2.24, 2.45) is 11.5 Å². The minimum absolute atomic E-state index is 0.0209. The van der Waals surface area contributed by atoms with Crippen molar-refractivity contribution in [1.82, 2.24) is 36.8 Å². The number of halogens is 1. The van der Waals surface area contributed by atoms with Crippen LogP contribution in [-0.2, 0) is 57.6 Å². The number of primary amides is 1. The van der Waals surface area contributed by atoms with E-state index < -0.39 is 90.8 Å². The number of nitrogens with zero attached hydrogens (tertiary/aromatic N) is 1. The molecule has 13 N–H and O–H groups in total. The van der Waals surface area contributed by atoms with Gasteiger partial charge in [0.15, 0.2) is 0 Å². The highest BCUT2D eigenvalue weighted by Crippen LogP contribution is 2.21. The van der Waals surface area contributed by atoms with Crippen LogP contribution in [0.25, 0.3) is 0 Å². The number of aliphatic hydroxyl groups is 1. The standard InChI is InChI=1S/C45H58BrN9O11/c46-24-38(59)49-19-5-4-9-33(52-41(62)32(47)21-28-11-15-30(57)16-12-28)43(64)53-34(22-27-7-2-1-3-8-27)42(63)50-25-39(60)51-35(23-29-13-17-31(58)18-14-29)45(66)55-20-6-10-37(55)44(65)54-36(26-56)40(48)61/h1-3,7-8,11-18,32-37,56-58H,4-6,9-10,19-26,47H2,(H2,48,61)(H,49,59)(H,50,63)(H,51,60)(H,52,62)(H,53,64)(H,54,65)/t32-,33+,34-,35-,36-,37-/m0/s1. The van der Waals surface area contributed by atoms with E-state index in [2.05, 4.69) is 47.8 Å². The molecule has 1 saturated heterocycles. The number of carbonyl (C=O) groups is 8. The molecular formula is C45H58BrN9O11. The van der Waals surface area contributed by atoms with Gasteiger partial charge in [-0.15, -0.1) is 0 Å². The normalized spacial score (nSPS) is 15.5. The number of aromatic hydroxyl groups is 2. The summed E-state index contributed by atoms with van der Waals surface area (Å²) in [4.78, 5) is 107. The molecule has 6 atom stereocenters. The molecule has 0 saturated carbocycles. The molecule has 1 aliphatic heterocycles. The van der Waals surface area contributed by atoms with Crippen LogP contribution in [0.2, 0.25) is 0 Å². The molecule has 0 spiro atoms. The third-order valence-corrected chi connectivity index (χ3v) is 11.3. The lowest BCUT2D eigenvalue weighted by Crippen LogP contribution is -2.58. The first kappa shape index (κ1) is 52.0. The number of alkyl halides is 1. The SMILES string of the molecule is NC(=O)[C@H](CO)NC(=O)[C@@H]1CCCN1C(=O)[C@H](Cc1ccc(O)cc1)NC(=O)CNC(=O)[C@H](Cc1ccccc1)NC(=O)[C@@H](CCCCNC(=O)CBr)NC(=O)[C@@H](N)Cc1ccc(O)cc1. The molecule has 1 aliphatic rings. The fourth-order valence-electron chi connectivity index (χ4n) is 7.19. The van der Waals surface area contributed by atoms with Gasteiger partial charge >= 0.3 is 0 Å². The van der Waals surface area contributed by atoms with E-state index >= 15 is 0 Å². The summed E-state index contributed by atoms with van der Waals surface area (Å²) >= 11 is 3.09. The Morgan fingerprint density at radius 3 is 1.86 bits per heavy atom. The molecule has 1 heterocycles. The Labute approximate surface area is 390 Å². The summed E-state index contributed by atoms with van der Waals surface area (Å²) in [5, 5.41) is 44.8. The Hall–Kier alpha value is -6.58. The zero-order chi connectivity index (χ0) is 48.2. The van der Waals surface area contributed by atoms with Gasteiger partial charge in [0, 0.05) is 25.9 Å². The van der Waals surface area contributed by atoms with Gasteiger partial charge in [-0.3, -0.25) is 38.4 Å². The summed E-state index contributed by atoms with van der Waals surface area (Å²) in [6.07, 6.45) is 1.59. The Morgan fingerprint density at radius 1 is 0.667 bits per heavy atom. The Morgan fingerprint density at radius 2 is 1.26 bits per heavy atom. The third kappa shape index (κ3) is 16.8. The molecule has 4 rings (SSSR count). The van der Waals surface area contributed by atoms with E-state index in [4.69, 9.17) is 11.5 Å². The first-order chi connectivity index (χ1) is 31.6. The number of carbonyl (C=O) groups excluding carboxylic acids is 8. The summed E-state index contributed by atoms with van der Waals surface area (Å²) < 4.78 is 0. The van der Waals surface area contributed by atoms with Gasteiger partial charge in [-0.25, -0.2) is 0 Å². The maximum absolute atomic E-state index is 14.1. The molecule has 3 aromatic rings. The number of phenolic OH excluding ortho intramolecular Hbond substituents is 2. The Kier molecular flexibility index (Phi) is 20.8. The van der Waals surface area contributed by atoms with Crippen LogP contribution in [0.5, 0.6) is 11.5 Å². The van der Waals surface area contributed by atoms with E-state index in [0.29, 0.717) is 42.5 Å².